The Hall–Kier alpha value is -1.35. The van der Waals surface area contributed by atoms with Gasteiger partial charge in [0.05, 0.1) is 26.8 Å². The largest absolute Gasteiger partial charge is 0.363 e. The highest BCUT2D eigenvalue weighted by Crippen LogP contribution is 2.23. The molecule has 1 fully saturated rings. The molecule has 1 heterocycles. The molecule has 0 radical (unpaired) electrons. The van der Waals surface area contributed by atoms with E-state index in [1.807, 2.05) is 0 Å². The van der Waals surface area contributed by atoms with Gasteiger partial charge in [0.25, 0.3) is 0 Å². The Kier molecular flexibility index (Phi) is 3.20. The van der Waals surface area contributed by atoms with Crippen molar-refractivity contribution in [3.63, 3.8) is 0 Å². The highest BCUT2D eigenvalue weighted by molar-refractivity contribution is 5.86. The summed E-state index contributed by atoms with van der Waals surface area (Å²) in [6, 6.07) is 8.54. The zero-order valence-corrected chi connectivity index (χ0v) is 11.3. The first kappa shape index (κ1) is 12.1. The number of hydrogen-bond donors (Lipinski definition) is 0. The van der Waals surface area contributed by atoms with Crippen molar-refractivity contribution in [2.75, 3.05) is 34.7 Å². The van der Waals surface area contributed by atoms with E-state index in [1.54, 1.807) is 0 Å². The van der Waals surface area contributed by atoms with Crippen molar-refractivity contribution in [3.8, 4) is 0 Å². The van der Waals surface area contributed by atoms with Gasteiger partial charge >= 0.3 is 0 Å². The predicted octanol–water partition coefficient (Wildman–Crippen LogP) is 2.64. The topological polar surface area (TPSA) is 15.6 Å². The number of amidine groups is 1. The van der Waals surface area contributed by atoms with E-state index < -0.39 is 0 Å². The van der Waals surface area contributed by atoms with E-state index in [0.717, 1.165) is 23.1 Å². The lowest BCUT2D eigenvalue weighted by Gasteiger charge is -2.23. The van der Waals surface area contributed by atoms with Crippen LogP contribution in [0.2, 0.25) is 0 Å². The summed E-state index contributed by atoms with van der Waals surface area (Å²) < 4.78 is 0.844. The van der Waals surface area contributed by atoms with Gasteiger partial charge in [-0.1, -0.05) is 0 Å². The smallest absolute Gasteiger partial charge is 0.132 e. The maximum absolute atomic E-state index is 4.70. The van der Waals surface area contributed by atoms with E-state index in [1.165, 1.54) is 17.9 Å². The summed E-state index contributed by atoms with van der Waals surface area (Å²) in [5, 5.41) is 0. The van der Waals surface area contributed by atoms with Crippen LogP contribution in [0.3, 0.4) is 0 Å². The van der Waals surface area contributed by atoms with Crippen LogP contribution in [-0.2, 0) is 0 Å². The minimum atomic E-state index is 0.844. The highest BCUT2D eigenvalue weighted by Gasteiger charge is 2.14. The number of hydrogen-bond acceptors (Lipinski definition) is 1. The van der Waals surface area contributed by atoms with Crippen LogP contribution in [0.5, 0.6) is 0 Å². The lowest BCUT2D eigenvalue weighted by atomic mass is 10.2. The molecule has 92 valence electrons. The molecule has 0 spiro atoms. The summed E-state index contributed by atoms with van der Waals surface area (Å²) in [7, 11) is 8.63. The first-order chi connectivity index (χ1) is 7.97. The fourth-order valence-electron chi connectivity index (χ4n) is 2.06. The molecule has 3 heteroatoms. The van der Waals surface area contributed by atoms with E-state index in [0.29, 0.717) is 0 Å². The van der Waals surface area contributed by atoms with Gasteiger partial charge in [-0.15, -0.1) is 0 Å². The maximum Gasteiger partial charge on any atom is 0.132 e. The number of rotatable bonds is 2. The average molecular weight is 232 g/mol. The lowest BCUT2D eigenvalue weighted by Crippen LogP contribution is -2.34. The number of nitrogens with zero attached hydrogens (tertiary/aromatic N) is 3. The molecule has 0 atom stereocenters. The molecule has 1 aliphatic rings. The molecule has 1 saturated heterocycles. The molecule has 17 heavy (non-hydrogen) atoms. The zero-order valence-electron chi connectivity index (χ0n) is 11.3. The van der Waals surface area contributed by atoms with Gasteiger partial charge in [0.2, 0.25) is 0 Å². The Bertz CT molecular complexity index is 412. The number of likely N-dealkylation sites (tertiary alicyclic amines) is 1. The summed E-state index contributed by atoms with van der Waals surface area (Å²) in [5.74, 6) is 1.21. The SMILES string of the molecule is CN1CCCC1=Nc1ccc([N+](C)(C)C)cc1. The molecule has 1 aliphatic heterocycles. The van der Waals surface area contributed by atoms with E-state index in [2.05, 4.69) is 57.4 Å². The van der Waals surface area contributed by atoms with Gasteiger partial charge in [0.1, 0.15) is 11.5 Å². The minimum absolute atomic E-state index is 0.844. The summed E-state index contributed by atoms with van der Waals surface area (Å²) in [6.07, 6.45) is 2.33. The molecule has 2 rings (SSSR count). The lowest BCUT2D eigenvalue weighted by molar-refractivity contribution is 0.486. The van der Waals surface area contributed by atoms with Crippen molar-refractivity contribution in [2.24, 2.45) is 4.99 Å². The van der Waals surface area contributed by atoms with Crippen molar-refractivity contribution in [1.29, 1.82) is 0 Å². The molecule has 0 aliphatic carbocycles. The normalized spacial score (nSPS) is 19.1. The van der Waals surface area contributed by atoms with Crippen LogP contribution >= 0.6 is 0 Å². The van der Waals surface area contributed by atoms with Crippen LogP contribution in [0, 0.1) is 0 Å². The number of aliphatic imine (C=N–C) groups is 1. The van der Waals surface area contributed by atoms with Crippen LogP contribution in [0.15, 0.2) is 29.3 Å². The van der Waals surface area contributed by atoms with Crippen molar-refractivity contribution in [3.05, 3.63) is 24.3 Å². The van der Waals surface area contributed by atoms with Gasteiger partial charge in [-0.25, -0.2) is 4.99 Å². The van der Waals surface area contributed by atoms with Crippen LogP contribution in [0.4, 0.5) is 11.4 Å². The van der Waals surface area contributed by atoms with Crippen LogP contribution < -0.4 is 4.48 Å². The summed E-state index contributed by atoms with van der Waals surface area (Å²) in [5.41, 5.74) is 2.36. The monoisotopic (exact) mass is 232 g/mol. The van der Waals surface area contributed by atoms with Gasteiger partial charge in [0.15, 0.2) is 0 Å². The molecule has 0 N–H and O–H groups in total. The van der Waals surface area contributed by atoms with Gasteiger partial charge in [-0.2, -0.15) is 0 Å². The van der Waals surface area contributed by atoms with Gasteiger partial charge < -0.3 is 4.90 Å². The van der Waals surface area contributed by atoms with Crippen molar-refractivity contribution in [1.82, 2.24) is 9.38 Å². The minimum Gasteiger partial charge on any atom is -0.363 e. The molecule has 0 aromatic heterocycles. The van der Waals surface area contributed by atoms with Crippen LogP contribution in [-0.4, -0.2) is 45.5 Å². The first-order valence-electron chi connectivity index (χ1n) is 6.17. The molecule has 1 aromatic carbocycles. The van der Waals surface area contributed by atoms with Crippen LogP contribution in [0.1, 0.15) is 12.8 Å². The fourth-order valence-corrected chi connectivity index (χ4v) is 2.06. The maximum atomic E-state index is 4.70. The summed E-state index contributed by atoms with van der Waals surface area (Å²) in [6.45, 7) is 1.13. The Morgan fingerprint density at radius 1 is 1.12 bits per heavy atom. The van der Waals surface area contributed by atoms with Gasteiger partial charge in [-0.05, 0) is 18.6 Å². The summed E-state index contributed by atoms with van der Waals surface area (Å²) >= 11 is 0. The molecule has 1 aromatic rings. The zero-order chi connectivity index (χ0) is 12.5. The second-order valence-corrected chi connectivity index (χ2v) is 5.58. The highest BCUT2D eigenvalue weighted by atomic mass is 15.3. The third-order valence-corrected chi connectivity index (χ3v) is 3.22. The molecule has 0 bridgehead atoms. The van der Waals surface area contributed by atoms with E-state index in [9.17, 15) is 0 Å². The predicted molar refractivity (Wildman–Crippen MR) is 75.0 cm³/mol. The molecule has 0 unspecified atom stereocenters. The second-order valence-electron chi connectivity index (χ2n) is 5.58. The molecular formula is C14H22N3+. The van der Waals surface area contributed by atoms with Gasteiger partial charge in [0, 0.05) is 32.1 Å². The first-order valence-corrected chi connectivity index (χ1v) is 6.17. The third kappa shape index (κ3) is 2.86. The molecular weight excluding hydrogens is 210 g/mol. The Morgan fingerprint density at radius 3 is 2.24 bits per heavy atom. The molecule has 3 nitrogen and oxygen atoms in total. The van der Waals surface area contributed by atoms with Gasteiger partial charge in [-0.3, -0.25) is 4.48 Å². The third-order valence-electron chi connectivity index (χ3n) is 3.22. The van der Waals surface area contributed by atoms with E-state index >= 15 is 0 Å². The quantitative estimate of drug-likeness (QED) is 0.716. The number of quaternary nitrogens is 1. The Labute approximate surface area is 104 Å². The second kappa shape index (κ2) is 4.49. The van der Waals surface area contributed by atoms with Crippen molar-refractivity contribution in [2.45, 2.75) is 12.8 Å². The molecule has 0 amide bonds. The van der Waals surface area contributed by atoms with E-state index in [4.69, 9.17) is 4.99 Å². The van der Waals surface area contributed by atoms with Crippen LogP contribution in [0.25, 0.3) is 0 Å². The van der Waals surface area contributed by atoms with Crippen molar-refractivity contribution >= 4 is 17.2 Å². The fraction of sp³-hybridized carbons (Fsp3) is 0.500. The average Bonchev–Trinajstić information content (AvgIpc) is 2.64. The summed E-state index contributed by atoms with van der Waals surface area (Å²) in [4.78, 5) is 6.94. The number of benzene rings is 1. The van der Waals surface area contributed by atoms with Crippen molar-refractivity contribution < 1.29 is 0 Å². The Balaban J connectivity index is 2.19. The van der Waals surface area contributed by atoms with E-state index in [-0.39, 0.29) is 0 Å². The Morgan fingerprint density at radius 2 is 1.76 bits per heavy atom. The standard InChI is InChI=1S/C14H22N3/c1-16-11-5-6-14(16)15-12-7-9-13(10-8-12)17(2,3)4/h7-10H,5-6,11H2,1-4H3/q+1. The molecule has 0 saturated carbocycles.